The summed E-state index contributed by atoms with van der Waals surface area (Å²) in [6.07, 6.45) is 1.22. The number of hydrogen-bond donors (Lipinski definition) is 1. The van der Waals surface area contributed by atoms with Crippen molar-refractivity contribution in [3.8, 4) is 11.5 Å². The van der Waals surface area contributed by atoms with E-state index >= 15 is 0 Å². The van der Waals surface area contributed by atoms with Crippen LogP contribution in [0.15, 0.2) is 41.6 Å². The minimum atomic E-state index is -0.350. The van der Waals surface area contributed by atoms with Crippen molar-refractivity contribution in [3.63, 3.8) is 0 Å². The lowest BCUT2D eigenvalue weighted by atomic mass is 10.2. The minimum Gasteiger partial charge on any atom is -0.493 e. The topological polar surface area (TPSA) is 51.0 Å². The number of benzene rings is 2. The summed E-state index contributed by atoms with van der Waals surface area (Å²) in [5, 5.41) is 11.7. The van der Waals surface area contributed by atoms with Crippen molar-refractivity contribution < 1.29 is 19.1 Å². The molecule has 1 N–H and O–H groups in total. The van der Waals surface area contributed by atoms with Gasteiger partial charge in [0.2, 0.25) is 0 Å². The van der Waals surface area contributed by atoms with E-state index in [1.54, 1.807) is 30.3 Å². The first-order chi connectivity index (χ1) is 10.2. The van der Waals surface area contributed by atoms with Gasteiger partial charge < -0.3 is 14.7 Å². The van der Waals surface area contributed by atoms with Crippen molar-refractivity contribution in [2.45, 2.75) is 6.61 Å². The molecule has 0 amide bonds. The number of halogens is 2. The van der Waals surface area contributed by atoms with Crippen molar-refractivity contribution in [3.05, 3.63) is 58.4 Å². The Balaban J connectivity index is 2.25. The Bertz CT molecular complexity index is 661. The van der Waals surface area contributed by atoms with Crippen LogP contribution < -0.4 is 9.47 Å². The molecule has 6 heteroatoms. The molecule has 2 rings (SSSR count). The molecule has 0 aliphatic carbocycles. The molecule has 0 saturated carbocycles. The highest BCUT2D eigenvalue weighted by molar-refractivity contribution is 6.32. The van der Waals surface area contributed by atoms with Crippen molar-refractivity contribution in [1.82, 2.24) is 0 Å². The van der Waals surface area contributed by atoms with Crippen molar-refractivity contribution in [2.24, 2.45) is 5.16 Å². The maximum atomic E-state index is 13.6. The van der Waals surface area contributed by atoms with Gasteiger partial charge in [-0.2, -0.15) is 0 Å². The number of methoxy groups -OCH3 is 1. The van der Waals surface area contributed by atoms with Gasteiger partial charge in [-0.1, -0.05) is 35.0 Å². The van der Waals surface area contributed by atoms with Gasteiger partial charge in [0.05, 0.1) is 18.3 Å². The molecule has 0 atom stereocenters. The standard InChI is InChI=1S/C15H13ClFNO3/c1-20-14-7-10(8-18-19)6-12(16)15(14)21-9-11-4-2-3-5-13(11)17/h2-8,19H,9H2,1H3/b18-8+. The second-order valence-electron chi connectivity index (χ2n) is 4.16. The first-order valence-corrected chi connectivity index (χ1v) is 6.44. The highest BCUT2D eigenvalue weighted by Crippen LogP contribution is 2.36. The number of oxime groups is 1. The van der Waals surface area contributed by atoms with Crippen LogP contribution in [-0.2, 0) is 6.61 Å². The van der Waals surface area contributed by atoms with Crippen LogP contribution in [0.3, 0.4) is 0 Å². The molecule has 0 saturated heterocycles. The SMILES string of the molecule is COc1cc(/C=N/O)cc(Cl)c1OCc1ccccc1F. The van der Waals surface area contributed by atoms with E-state index in [4.69, 9.17) is 26.3 Å². The number of rotatable bonds is 5. The van der Waals surface area contributed by atoms with Crippen molar-refractivity contribution in [1.29, 1.82) is 0 Å². The average molecular weight is 310 g/mol. The molecule has 0 fully saturated rings. The zero-order valence-corrected chi connectivity index (χ0v) is 12.0. The maximum Gasteiger partial charge on any atom is 0.180 e. The molecule has 4 nitrogen and oxygen atoms in total. The van der Waals surface area contributed by atoms with Crippen LogP contribution in [0, 0.1) is 5.82 Å². The number of nitrogens with zero attached hydrogens (tertiary/aromatic N) is 1. The van der Waals surface area contributed by atoms with Gasteiger partial charge >= 0.3 is 0 Å². The van der Waals surface area contributed by atoms with E-state index in [2.05, 4.69) is 5.16 Å². The van der Waals surface area contributed by atoms with E-state index in [1.807, 2.05) is 0 Å². The number of ether oxygens (including phenoxy) is 2. The summed E-state index contributed by atoms with van der Waals surface area (Å²) >= 11 is 6.11. The Hall–Kier alpha value is -2.27. The maximum absolute atomic E-state index is 13.6. The molecule has 0 spiro atoms. The second kappa shape index (κ2) is 6.95. The van der Waals surface area contributed by atoms with Gasteiger partial charge in [0.15, 0.2) is 11.5 Å². The third kappa shape index (κ3) is 3.64. The molecule has 2 aromatic rings. The fourth-order valence-corrected chi connectivity index (χ4v) is 2.06. The van der Waals surface area contributed by atoms with Gasteiger partial charge in [0.25, 0.3) is 0 Å². The molecule has 0 aliphatic rings. The molecule has 2 aromatic carbocycles. The van der Waals surface area contributed by atoms with Crippen molar-refractivity contribution >= 4 is 17.8 Å². The predicted molar refractivity (Wildman–Crippen MR) is 78.1 cm³/mol. The van der Waals surface area contributed by atoms with Crippen molar-refractivity contribution in [2.75, 3.05) is 7.11 Å². The highest BCUT2D eigenvalue weighted by atomic mass is 35.5. The summed E-state index contributed by atoms with van der Waals surface area (Å²) in [6.45, 7) is 0.0240. The summed E-state index contributed by atoms with van der Waals surface area (Å²) in [4.78, 5) is 0. The van der Waals surface area contributed by atoms with E-state index < -0.39 is 0 Å². The van der Waals surface area contributed by atoms with Crippen LogP contribution in [0.5, 0.6) is 11.5 Å². The van der Waals surface area contributed by atoms with Crippen LogP contribution in [-0.4, -0.2) is 18.5 Å². The van der Waals surface area contributed by atoms with Crippen LogP contribution in [0.4, 0.5) is 4.39 Å². The third-order valence-electron chi connectivity index (χ3n) is 2.79. The second-order valence-corrected chi connectivity index (χ2v) is 4.57. The Morgan fingerprint density at radius 1 is 1.33 bits per heavy atom. The number of hydrogen-bond acceptors (Lipinski definition) is 4. The molecular weight excluding hydrogens is 297 g/mol. The van der Waals surface area contributed by atoms with Gasteiger partial charge in [-0.05, 0) is 18.2 Å². The van der Waals surface area contributed by atoms with E-state index in [1.165, 1.54) is 19.4 Å². The quantitative estimate of drug-likeness (QED) is 0.518. The fourth-order valence-electron chi connectivity index (χ4n) is 1.79. The van der Waals surface area contributed by atoms with Gasteiger partial charge in [-0.15, -0.1) is 0 Å². The Morgan fingerprint density at radius 3 is 2.76 bits per heavy atom. The van der Waals surface area contributed by atoms with E-state index in [0.29, 0.717) is 22.6 Å². The van der Waals surface area contributed by atoms with E-state index in [-0.39, 0.29) is 17.4 Å². The van der Waals surface area contributed by atoms with Gasteiger partial charge in [-0.3, -0.25) is 0 Å². The van der Waals surface area contributed by atoms with E-state index in [0.717, 1.165) is 0 Å². The first-order valence-electron chi connectivity index (χ1n) is 6.07. The Morgan fingerprint density at radius 2 is 2.10 bits per heavy atom. The molecular formula is C15H13ClFNO3. The lowest BCUT2D eigenvalue weighted by Crippen LogP contribution is -2.01. The smallest absolute Gasteiger partial charge is 0.180 e. The van der Waals surface area contributed by atoms with Crippen LogP contribution >= 0.6 is 11.6 Å². The van der Waals surface area contributed by atoms with Crippen LogP contribution in [0.1, 0.15) is 11.1 Å². The fraction of sp³-hybridized carbons (Fsp3) is 0.133. The molecule has 0 heterocycles. The highest BCUT2D eigenvalue weighted by Gasteiger charge is 2.12. The predicted octanol–water partition coefficient (Wildman–Crippen LogP) is 3.87. The van der Waals surface area contributed by atoms with Gasteiger partial charge in [-0.25, -0.2) is 4.39 Å². The van der Waals surface area contributed by atoms with Crippen LogP contribution in [0.2, 0.25) is 5.02 Å². The summed E-state index contributed by atoms with van der Waals surface area (Å²) in [5.74, 6) is 0.322. The molecule has 0 radical (unpaired) electrons. The van der Waals surface area contributed by atoms with Gasteiger partial charge in [0, 0.05) is 11.1 Å². The molecule has 0 unspecified atom stereocenters. The largest absolute Gasteiger partial charge is 0.493 e. The zero-order chi connectivity index (χ0) is 15.2. The summed E-state index contributed by atoms with van der Waals surface area (Å²) in [5.41, 5.74) is 0.967. The summed E-state index contributed by atoms with van der Waals surface area (Å²) < 4.78 is 24.3. The first kappa shape index (κ1) is 15.1. The monoisotopic (exact) mass is 309 g/mol. The molecule has 0 aromatic heterocycles. The molecule has 21 heavy (non-hydrogen) atoms. The normalized spacial score (nSPS) is 10.8. The van der Waals surface area contributed by atoms with Crippen LogP contribution in [0.25, 0.3) is 0 Å². The Labute approximate surface area is 126 Å². The average Bonchev–Trinajstić information content (AvgIpc) is 2.47. The lowest BCUT2D eigenvalue weighted by molar-refractivity contribution is 0.280. The third-order valence-corrected chi connectivity index (χ3v) is 3.07. The molecule has 110 valence electrons. The van der Waals surface area contributed by atoms with Gasteiger partial charge in [0.1, 0.15) is 12.4 Å². The summed E-state index contributed by atoms with van der Waals surface area (Å²) in [7, 11) is 1.46. The minimum absolute atomic E-state index is 0.0240. The Kier molecular flexibility index (Phi) is 5.00. The van der Waals surface area contributed by atoms with E-state index in [9.17, 15) is 4.39 Å². The lowest BCUT2D eigenvalue weighted by Gasteiger charge is -2.13. The summed E-state index contributed by atoms with van der Waals surface area (Å²) in [6, 6.07) is 9.47. The zero-order valence-electron chi connectivity index (χ0n) is 11.2. The molecule has 0 bridgehead atoms. The molecule has 0 aliphatic heterocycles.